The number of ether oxygens (including phenoxy) is 2. The van der Waals surface area contributed by atoms with E-state index in [1.807, 2.05) is 39.0 Å². The Balaban J connectivity index is 1.91. The van der Waals surface area contributed by atoms with Crippen molar-refractivity contribution in [3.63, 3.8) is 0 Å². The Labute approximate surface area is 160 Å². The molecule has 2 amide bonds. The summed E-state index contributed by atoms with van der Waals surface area (Å²) in [4.78, 5) is 25.9. The summed E-state index contributed by atoms with van der Waals surface area (Å²) >= 11 is 0. The molecule has 0 radical (unpaired) electrons. The Kier molecular flexibility index (Phi) is 6.82. The monoisotopic (exact) mass is 370 g/mol. The minimum Gasteiger partial charge on any atom is -0.493 e. The predicted octanol–water partition coefficient (Wildman–Crippen LogP) is 3.10. The van der Waals surface area contributed by atoms with Crippen LogP contribution in [-0.4, -0.2) is 44.0 Å². The van der Waals surface area contributed by atoms with Crippen LogP contribution in [-0.2, 0) is 9.59 Å². The fourth-order valence-corrected chi connectivity index (χ4v) is 2.85. The van der Waals surface area contributed by atoms with Crippen LogP contribution in [0.25, 0.3) is 0 Å². The Morgan fingerprint density at radius 3 is 2.22 bits per heavy atom. The van der Waals surface area contributed by atoms with Crippen molar-refractivity contribution in [2.45, 2.75) is 20.8 Å². The van der Waals surface area contributed by atoms with Gasteiger partial charge in [0.25, 0.3) is 5.91 Å². The standard InChI is InChI=1S/C21H26N2O4/c1-14-10-15(2)21(16(3)11-14)22-19(24)12-23(4)20(25)13-27-18-9-7-6-8-17(18)26-5/h6-11H,12-13H2,1-5H3,(H,22,24). The molecule has 2 aromatic carbocycles. The summed E-state index contributed by atoms with van der Waals surface area (Å²) in [6.07, 6.45) is 0. The number of carbonyl (C=O) groups is 2. The fourth-order valence-electron chi connectivity index (χ4n) is 2.85. The van der Waals surface area contributed by atoms with Gasteiger partial charge < -0.3 is 19.7 Å². The molecule has 6 heteroatoms. The molecule has 0 saturated carbocycles. The molecule has 144 valence electrons. The Morgan fingerprint density at radius 2 is 1.63 bits per heavy atom. The molecule has 0 heterocycles. The number of rotatable bonds is 7. The number of nitrogens with one attached hydrogen (secondary N) is 1. The third-order valence-corrected chi connectivity index (χ3v) is 4.17. The number of hydrogen-bond acceptors (Lipinski definition) is 4. The highest BCUT2D eigenvalue weighted by Gasteiger charge is 2.16. The van der Waals surface area contributed by atoms with E-state index in [4.69, 9.17) is 9.47 Å². The molecule has 0 unspecified atom stereocenters. The molecule has 27 heavy (non-hydrogen) atoms. The zero-order valence-electron chi connectivity index (χ0n) is 16.5. The summed E-state index contributed by atoms with van der Waals surface area (Å²) in [6, 6.07) is 11.1. The Bertz CT molecular complexity index is 810. The van der Waals surface area contributed by atoms with Crippen LogP contribution >= 0.6 is 0 Å². The molecule has 2 rings (SSSR count). The van der Waals surface area contributed by atoms with Gasteiger partial charge in [-0.1, -0.05) is 29.8 Å². The van der Waals surface area contributed by atoms with Gasteiger partial charge in [-0.15, -0.1) is 0 Å². The van der Waals surface area contributed by atoms with Gasteiger partial charge in [-0.3, -0.25) is 9.59 Å². The number of anilines is 1. The predicted molar refractivity (Wildman–Crippen MR) is 105 cm³/mol. The number of nitrogens with zero attached hydrogens (tertiary/aromatic N) is 1. The second-order valence-electron chi connectivity index (χ2n) is 6.51. The lowest BCUT2D eigenvalue weighted by Crippen LogP contribution is -2.37. The quantitative estimate of drug-likeness (QED) is 0.813. The van der Waals surface area contributed by atoms with Crippen LogP contribution in [0.2, 0.25) is 0 Å². The van der Waals surface area contributed by atoms with Gasteiger partial charge in [-0.2, -0.15) is 0 Å². The average Bonchev–Trinajstić information content (AvgIpc) is 2.62. The first kappa shape index (κ1) is 20.3. The highest BCUT2D eigenvalue weighted by molar-refractivity contribution is 5.95. The molecule has 0 fully saturated rings. The largest absolute Gasteiger partial charge is 0.493 e. The summed E-state index contributed by atoms with van der Waals surface area (Å²) in [5.41, 5.74) is 3.92. The van der Waals surface area contributed by atoms with Crippen molar-refractivity contribution < 1.29 is 19.1 Å². The maximum atomic E-state index is 12.3. The van der Waals surface area contributed by atoms with Gasteiger partial charge in [-0.25, -0.2) is 0 Å². The van der Waals surface area contributed by atoms with Gasteiger partial charge in [0.1, 0.15) is 0 Å². The maximum Gasteiger partial charge on any atom is 0.260 e. The van der Waals surface area contributed by atoms with E-state index in [1.54, 1.807) is 25.2 Å². The van der Waals surface area contributed by atoms with Gasteiger partial charge in [0.05, 0.1) is 13.7 Å². The van der Waals surface area contributed by atoms with Crippen LogP contribution < -0.4 is 14.8 Å². The van der Waals surface area contributed by atoms with E-state index in [0.29, 0.717) is 11.5 Å². The van der Waals surface area contributed by atoms with Crippen molar-refractivity contribution >= 4 is 17.5 Å². The first-order valence-corrected chi connectivity index (χ1v) is 8.69. The number of likely N-dealkylation sites (N-methyl/N-ethyl adjacent to an activating group) is 1. The smallest absolute Gasteiger partial charge is 0.260 e. The minimum atomic E-state index is -0.298. The van der Waals surface area contributed by atoms with Crippen molar-refractivity contribution in [2.75, 3.05) is 32.6 Å². The molecule has 2 aromatic rings. The van der Waals surface area contributed by atoms with Crippen LogP contribution in [0.1, 0.15) is 16.7 Å². The van der Waals surface area contributed by atoms with Crippen LogP contribution in [0.5, 0.6) is 11.5 Å². The normalized spacial score (nSPS) is 10.3. The van der Waals surface area contributed by atoms with E-state index in [2.05, 4.69) is 5.32 Å². The second kappa shape index (κ2) is 9.07. The van der Waals surface area contributed by atoms with Crippen molar-refractivity contribution in [2.24, 2.45) is 0 Å². The minimum absolute atomic E-state index is 0.0547. The van der Waals surface area contributed by atoms with E-state index in [-0.39, 0.29) is 25.0 Å². The Hall–Kier alpha value is -3.02. The number of hydrogen-bond donors (Lipinski definition) is 1. The number of amides is 2. The molecular formula is C21H26N2O4. The lowest BCUT2D eigenvalue weighted by molar-refractivity contribution is -0.135. The summed E-state index contributed by atoms with van der Waals surface area (Å²) in [5, 5.41) is 2.89. The van der Waals surface area contributed by atoms with E-state index >= 15 is 0 Å². The first-order chi connectivity index (χ1) is 12.8. The number of benzene rings is 2. The molecular weight excluding hydrogens is 344 g/mol. The maximum absolute atomic E-state index is 12.3. The van der Waals surface area contributed by atoms with Crippen LogP contribution in [0.4, 0.5) is 5.69 Å². The number of methoxy groups -OCH3 is 1. The van der Waals surface area contributed by atoms with Crippen LogP contribution in [0.3, 0.4) is 0 Å². The van der Waals surface area contributed by atoms with E-state index in [1.165, 1.54) is 12.0 Å². The number of para-hydroxylation sites is 2. The van der Waals surface area contributed by atoms with Crippen molar-refractivity contribution in [1.29, 1.82) is 0 Å². The molecule has 0 atom stereocenters. The third-order valence-electron chi connectivity index (χ3n) is 4.17. The lowest BCUT2D eigenvalue weighted by Gasteiger charge is -2.19. The summed E-state index contributed by atoms with van der Waals surface area (Å²) < 4.78 is 10.7. The van der Waals surface area contributed by atoms with Gasteiger partial charge in [0.15, 0.2) is 18.1 Å². The fraction of sp³-hybridized carbons (Fsp3) is 0.333. The molecule has 0 aliphatic heterocycles. The Morgan fingerprint density at radius 1 is 1.04 bits per heavy atom. The number of carbonyl (C=O) groups excluding carboxylic acids is 2. The van der Waals surface area contributed by atoms with E-state index < -0.39 is 0 Å². The highest BCUT2D eigenvalue weighted by atomic mass is 16.5. The van der Waals surface area contributed by atoms with Crippen LogP contribution in [0.15, 0.2) is 36.4 Å². The molecule has 0 aromatic heterocycles. The summed E-state index contributed by atoms with van der Waals surface area (Å²) in [7, 11) is 3.11. The molecule has 0 saturated heterocycles. The SMILES string of the molecule is COc1ccccc1OCC(=O)N(C)CC(=O)Nc1c(C)cc(C)cc1C. The van der Waals surface area contributed by atoms with Gasteiger partial charge >= 0.3 is 0 Å². The summed E-state index contributed by atoms with van der Waals surface area (Å²) in [6.45, 7) is 5.69. The summed E-state index contributed by atoms with van der Waals surface area (Å²) in [5.74, 6) is 0.486. The highest BCUT2D eigenvalue weighted by Crippen LogP contribution is 2.25. The van der Waals surface area contributed by atoms with Gasteiger partial charge in [0, 0.05) is 12.7 Å². The number of aryl methyl sites for hydroxylation is 3. The zero-order chi connectivity index (χ0) is 20.0. The first-order valence-electron chi connectivity index (χ1n) is 8.69. The molecule has 0 spiro atoms. The lowest BCUT2D eigenvalue weighted by atomic mass is 10.1. The topological polar surface area (TPSA) is 67.9 Å². The third kappa shape index (κ3) is 5.48. The molecule has 0 aliphatic carbocycles. The molecule has 0 bridgehead atoms. The molecule has 0 aliphatic rings. The van der Waals surface area contributed by atoms with Crippen molar-refractivity contribution in [3.8, 4) is 11.5 Å². The van der Waals surface area contributed by atoms with Gasteiger partial charge in [-0.05, 0) is 44.0 Å². The van der Waals surface area contributed by atoms with Crippen molar-refractivity contribution in [1.82, 2.24) is 4.90 Å². The van der Waals surface area contributed by atoms with E-state index in [0.717, 1.165) is 22.4 Å². The van der Waals surface area contributed by atoms with Gasteiger partial charge in [0.2, 0.25) is 5.91 Å². The molecule has 6 nitrogen and oxygen atoms in total. The average molecular weight is 370 g/mol. The zero-order valence-corrected chi connectivity index (χ0v) is 16.5. The molecule has 1 N–H and O–H groups in total. The van der Waals surface area contributed by atoms with Crippen LogP contribution in [0, 0.1) is 20.8 Å². The van der Waals surface area contributed by atoms with E-state index in [9.17, 15) is 9.59 Å². The second-order valence-corrected chi connectivity index (χ2v) is 6.51. The van der Waals surface area contributed by atoms with Crippen molar-refractivity contribution in [3.05, 3.63) is 53.1 Å².